The van der Waals surface area contributed by atoms with Gasteiger partial charge < -0.3 is 10.8 Å². The molecule has 14 heavy (non-hydrogen) atoms. The number of rotatable bonds is 3. The van der Waals surface area contributed by atoms with Crippen molar-refractivity contribution in [3.8, 4) is 0 Å². The van der Waals surface area contributed by atoms with Crippen LogP contribution in [0.15, 0.2) is 18.2 Å². The van der Waals surface area contributed by atoms with E-state index < -0.39 is 6.04 Å². The van der Waals surface area contributed by atoms with Gasteiger partial charge in [0.05, 0.1) is 6.61 Å². The molecule has 1 rings (SSSR count). The summed E-state index contributed by atoms with van der Waals surface area (Å²) in [6, 6.07) is 3.99. The average Bonchev–Trinajstić information content (AvgIpc) is 2.09. The van der Waals surface area contributed by atoms with Crippen molar-refractivity contribution < 1.29 is 9.50 Å². The Balaban J connectivity index is 0.00000169. The molecule has 0 aliphatic carbocycles. The molecule has 0 heterocycles. The average molecular weight is 240 g/mol. The third kappa shape index (κ3) is 3.80. The maximum absolute atomic E-state index is 13.1. The van der Waals surface area contributed by atoms with Gasteiger partial charge in [-0.1, -0.05) is 17.7 Å². The predicted octanol–water partition coefficient (Wildman–Crippen LogP) is 1.76. The second-order valence-corrected chi connectivity index (χ2v) is 3.32. The van der Waals surface area contributed by atoms with Crippen LogP contribution in [0.5, 0.6) is 0 Å². The number of benzene rings is 1. The van der Waals surface area contributed by atoms with Gasteiger partial charge in [-0.2, -0.15) is 0 Å². The first kappa shape index (κ1) is 13.7. The lowest BCUT2D eigenvalue weighted by Crippen LogP contribution is -2.27. The minimum atomic E-state index is -0.421. The SMILES string of the molecule is Cl.NC(CO)Cc1ccc(Cl)cc1F. The molecule has 0 aliphatic rings. The summed E-state index contributed by atoms with van der Waals surface area (Å²) in [5, 5.41) is 9.03. The van der Waals surface area contributed by atoms with Gasteiger partial charge in [0.1, 0.15) is 5.82 Å². The van der Waals surface area contributed by atoms with Crippen LogP contribution in [0.1, 0.15) is 5.56 Å². The summed E-state index contributed by atoms with van der Waals surface area (Å²) in [5.74, 6) is -0.378. The number of nitrogens with two attached hydrogens (primary N) is 1. The van der Waals surface area contributed by atoms with E-state index in [-0.39, 0.29) is 24.8 Å². The molecule has 0 spiro atoms. The quantitative estimate of drug-likeness (QED) is 0.845. The zero-order valence-corrected chi connectivity index (χ0v) is 8.98. The molecule has 0 aliphatic heterocycles. The monoisotopic (exact) mass is 239 g/mol. The summed E-state index contributed by atoms with van der Waals surface area (Å²) < 4.78 is 13.1. The molecular formula is C9H12Cl2FNO. The molecule has 1 atom stereocenters. The van der Waals surface area contributed by atoms with E-state index in [2.05, 4.69) is 0 Å². The van der Waals surface area contributed by atoms with Crippen LogP contribution in [0.25, 0.3) is 0 Å². The minimum Gasteiger partial charge on any atom is -0.395 e. The molecule has 0 amide bonds. The third-order valence-corrected chi connectivity index (χ3v) is 1.97. The van der Waals surface area contributed by atoms with Crippen LogP contribution in [0.3, 0.4) is 0 Å². The van der Waals surface area contributed by atoms with Gasteiger partial charge in [0.2, 0.25) is 0 Å². The molecule has 0 saturated carbocycles. The minimum absolute atomic E-state index is 0. The first-order valence-electron chi connectivity index (χ1n) is 3.94. The van der Waals surface area contributed by atoms with E-state index in [1.54, 1.807) is 12.1 Å². The fourth-order valence-corrected chi connectivity index (χ4v) is 1.19. The highest BCUT2D eigenvalue weighted by Gasteiger charge is 2.07. The van der Waals surface area contributed by atoms with E-state index in [1.165, 1.54) is 6.07 Å². The van der Waals surface area contributed by atoms with E-state index in [4.69, 9.17) is 22.4 Å². The topological polar surface area (TPSA) is 46.2 Å². The van der Waals surface area contributed by atoms with Gasteiger partial charge in [-0.25, -0.2) is 4.39 Å². The fourth-order valence-electron chi connectivity index (χ4n) is 1.03. The van der Waals surface area contributed by atoms with Gasteiger partial charge in [0.25, 0.3) is 0 Å². The van der Waals surface area contributed by atoms with Crippen molar-refractivity contribution >= 4 is 24.0 Å². The number of hydrogen-bond donors (Lipinski definition) is 2. The molecule has 1 aromatic rings. The number of aliphatic hydroxyl groups excluding tert-OH is 1. The Hall–Kier alpha value is -0.350. The Morgan fingerprint density at radius 3 is 2.64 bits per heavy atom. The van der Waals surface area contributed by atoms with Crippen LogP contribution >= 0.6 is 24.0 Å². The number of halogens is 3. The molecule has 80 valence electrons. The van der Waals surface area contributed by atoms with E-state index in [0.717, 1.165) is 0 Å². The summed E-state index contributed by atoms with van der Waals surface area (Å²) in [7, 11) is 0. The molecule has 1 aromatic carbocycles. The van der Waals surface area contributed by atoms with E-state index in [0.29, 0.717) is 17.0 Å². The molecule has 1 unspecified atom stereocenters. The molecule has 2 nitrogen and oxygen atoms in total. The van der Waals surface area contributed by atoms with Crippen LogP contribution in [-0.4, -0.2) is 17.8 Å². The lowest BCUT2D eigenvalue weighted by Gasteiger charge is -2.08. The van der Waals surface area contributed by atoms with Crippen molar-refractivity contribution in [2.45, 2.75) is 12.5 Å². The maximum Gasteiger partial charge on any atom is 0.127 e. The van der Waals surface area contributed by atoms with Crippen molar-refractivity contribution in [1.29, 1.82) is 0 Å². The summed E-state index contributed by atoms with van der Waals surface area (Å²) in [5.41, 5.74) is 5.94. The second kappa shape index (κ2) is 6.19. The normalized spacial score (nSPS) is 12.0. The smallest absolute Gasteiger partial charge is 0.127 e. The Labute approximate surface area is 93.3 Å². The zero-order chi connectivity index (χ0) is 9.84. The Kier molecular flexibility index (Phi) is 6.04. The Bertz CT molecular complexity index is 296. The van der Waals surface area contributed by atoms with E-state index in [1.807, 2.05) is 0 Å². The van der Waals surface area contributed by atoms with Crippen molar-refractivity contribution in [3.63, 3.8) is 0 Å². The molecule has 0 radical (unpaired) electrons. The summed E-state index contributed by atoms with van der Waals surface area (Å²) in [6.07, 6.45) is 0.319. The Morgan fingerprint density at radius 2 is 2.14 bits per heavy atom. The van der Waals surface area contributed by atoms with Crippen LogP contribution < -0.4 is 5.73 Å². The first-order valence-corrected chi connectivity index (χ1v) is 4.31. The van der Waals surface area contributed by atoms with Gasteiger partial charge in [-0.15, -0.1) is 12.4 Å². The highest BCUT2D eigenvalue weighted by Crippen LogP contribution is 2.15. The zero-order valence-electron chi connectivity index (χ0n) is 7.41. The fraction of sp³-hybridized carbons (Fsp3) is 0.333. The molecule has 0 bridgehead atoms. The van der Waals surface area contributed by atoms with Crippen LogP contribution in [0, 0.1) is 5.82 Å². The molecular weight excluding hydrogens is 228 g/mol. The molecule has 0 saturated heterocycles. The molecule has 5 heteroatoms. The van der Waals surface area contributed by atoms with Crippen molar-refractivity contribution in [1.82, 2.24) is 0 Å². The van der Waals surface area contributed by atoms with Gasteiger partial charge in [0, 0.05) is 11.1 Å². The van der Waals surface area contributed by atoms with Crippen LogP contribution in [0.4, 0.5) is 4.39 Å². The van der Waals surface area contributed by atoms with E-state index >= 15 is 0 Å². The summed E-state index contributed by atoms with van der Waals surface area (Å²) in [4.78, 5) is 0. The highest BCUT2D eigenvalue weighted by atomic mass is 35.5. The van der Waals surface area contributed by atoms with Crippen molar-refractivity contribution in [3.05, 3.63) is 34.6 Å². The maximum atomic E-state index is 13.1. The van der Waals surface area contributed by atoms with Crippen molar-refractivity contribution in [2.75, 3.05) is 6.61 Å². The molecule has 0 fully saturated rings. The first-order chi connectivity index (χ1) is 6.13. The predicted molar refractivity (Wildman–Crippen MR) is 57.4 cm³/mol. The lowest BCUT2D eigenvalue weighted by molar-refractivity contribution is 0.264. The Morgan fingerprint density at radius 1 is 1.50 bits per heavy atom. The number of aliphatic hydroxyl groups is 1. The summed E-state index contributed by atoms with van der Waals surface area (Å²) in [6.45, 7) is -0.151. The highest BCUT2D eigenvalue weighted by molar-refractivity contribution is 6.30. The largest absolute Gasteiger partial charge is 0.395 e. The lowest BCUT2D eigenvalue weighted by atomic mass is 10.1. The number of hydrogen-bond acceptors (Lipinski definition) is 2. The summed E-state index contributed by atoms with van der Waals surface area (Å²) >= 11 is 5.57. The van der Waals surface area contributed by atoms with Crippen LogP contribution in [0.2, 0.25) is 5.02 Å². The van der Waals surface area contributed by atoms with Crippen LogP contribution in [-0.2, 0) is 6.42 Å². The third-order valence-electron chi connectivity index (χ3n) is 1.73. The molecule has 3 N–H and O–H groups in total. The second-order valence-electron chi connectivity index (χ2n) is 2.88. The van der Waals surface area contributed by atoms with Gasteiger partial charge in [-0.05, 0) is 24.1 Å². The standard InChI is InChI=1S/C9H11ClFNO.ClH/c10-7-2-1-6(9(11)4-7)3-8(12)5-13;/h1-2,4,8,13H,3,5,12H2;1H. The van der Waals surface area contributed by atoms with E-state index in [9.17, 15) is 4.39 Å². The van der Waals surface area contributed by atoms with Gasteiger partial charge >= 0.3 is 0 Å². The van der Waals surface area contributed by atoms with Gasteiger partial charge in [-0.3, -0.25) is 0 Å². The molecule has 0 aromatic heterocycles. The van der Waals surface area contributed by atoms with Gasteiger partial charge in [0.15, 0.2) is 0 Å². The van der Waals surface area contributed by atoms with Crippen molar-refractivity contribution in [2.24, 2.45) is 5.73 Å².